The van der Waals surface area contributed by atoms with E-state index in [1.807, 2.05) is 0 Å². The lowest BCUT2D eigenvalue weighted by Gasteiger charge is -2.29. The maximum Gasteiger partial charge on any atom is 0.127 e. The SMILES string of the molecule is CCCCCCCc1nc(C(C)(C)C)n(C(C)(C)C)c1N. The third kappa shape index (κ3) is 4.76. The van der Waals surface area contributed by atoms with Crippen molar-refractivity contribution in [2.75, 3.05) is 5.73 Å². The van der Waals surface area contributed by atoms with Crippen LogP contribution in [0.15, 0.2) is 0 Å². The van der Waals surface area contributed by atoms with Gasteiger partial charge in [-0.05, 0) is 33.6 Å². The molecule has 1 aromatic rings. The van der Waals surface area contributed by atoms with Crippen LogP contribution in [0.5, 0.6) is 0 Å². The van der Waals surface area contributed by atoms with Gasteiger partial charge in [0.1, 0.15) is 11.6 Å². The Hall–Kier alpha value is -0.990. The van der Waals surface area contributed by atoms with Gasteiger partial charge in [-0.15, -0.1) is 0 Å². The van der Waals surface area contributed by atoms with Gasteiger partial charge in [-0.1, -0.05) is 53.4 Å². The lowest BCUT2D eigenvalue weighted by molar-refractivity contribution is 0.359. The zero-order chi connectivity index (χ0) is 16.3. The Kier molecular flexibility index (Phi) is 5.89. The first-order valence-corrected chi connectivity index (χ1v) is 8.47. The zero-order valence-corrected chi connectivity index (χ0v) is 15.2. The van der Waals surface area contributed by atoms with E-state index >= 15 is 0 Å². The molecule has 2 N–H and O–H groups in total. The highest BCUT2D eigenvalue weighted by molar-refractivity contribution is 5.41. The molecule has 1 rings (SSSR count). The van der Waals surface area contributed by atoms with Crippen LogP contribution < -0.4 is 5.73 Å². The standard InChI is InChI=1S/C18H35N3/c1-8-9-10-11-12-13-14-15(19)21(18(5,6)7)16(20-14)17(2,3)4/h8-13,19H2,1-7H3. The third-order valence-electron chi connectivity index (χ3n) is 3.85. The van der Waals surface area contributed by atoms with Gasteiger partial charge in [0.2, 0.25) is 0 Å². The maximum atomic E-state index is 6.43. The zero-order valence-electron chi connectivity index (χ0n) is 15.2. The van der Waals surface area contributed by atoms with Crippen LogP contribution in [-0.2, 0) is 17.4 Å². The minimum Gasteiger partial charge on any atom is -0.384 e. The summed E-state index contributed by atoms with van der Waals surface area (Å²) in [6.07, 6.45) is 7.41. The van der Waals surface area contributed by atoms with Crippen molar-refractivity contribution in [2.45, 2.75) is 97.9 Å². The fraction of sp³-hybridized carbons (Fsp3) is 0.833. The second kappa shape index (κ2) is 6.85. The van der Waals surface area contributed by atoms with Crippen molar-refractivity contribution in [3.05, 3.63) is 11.5 Å². The summed E-state index contributed by atoms with van der Waals surface area (Å²) < 4.78 is 2.23. The molecule has 122 valence electrons. The molecule has 1 aromatic heterocycles. The predicted octanol–water partition coefficient (Wildman–Crippen LogP) is 5.03. The molecule has 0 amide bonds. The summed E-state index contributed by atoms with van der Waals surface area (Å²) in [5.74, 6) is 1.97. The number of aromatic nitrogens is 2. The summed E-state index contributed by atoms with van der Waals surface area (Å²) in [4.78, 5) is 4.90. The lowest BCUT2D eigenvalue weighted by atomic mass is 9.94. The molecule has 0 aromatic carbocycles. The summed E-state index contributed by atoms with van der Waals surface area (Å²) in [7, 11) is 0. The smallest absolute Gasteiger partial charge is 0.127 e. The fourth-order valence-corrected chi connectivity index (χ4v) is 2.74. The van der Waals surface area contributed by atoms with Gasteiger partial charge in [0, 0.05) is 11.0 Å². The number of anilines is 1. The highest BCUT2D eigenvalue weighted by Crippen LogP contribution is 2.32. The summed E-state index contributed by atoms with van der Waals surface area (Å²) in [5.41, 5.74) is 7.51. The Bertz CT molecular complexity index is 444. The van der Waals surface area contributed by atoms with E-state index in [4.69, 9.17) is 10.7 Å². The van der Waals surface area contributed by atoms with Gasteiger partial charge in [0.05, 0.1) is 5.69 Å². The number of unbranched alkanes of at least 4 members (excludes halogenated alkanes) is 4. The van der Waals surface area contributed by atoms with Crippen LogP contribution in [0.1, 0.15) is 92.1 Å². The first-order chi connectivity index (χ1) is 9.59. The Labute approximate surface area is 131 Å². The van der Waals surface area contributed by atoms with E-state index in [1.54, 1.807) is 0 Å². The molecular weight excluding hydrogens is 258 g/mol. The summed E-state index contributed by atoms with van der Waals surface area (Å²) >= 11 is 0. The quantitative estimate of drug-likeness (QED) is 0.747. The molecule has 0 saturated heterocycles. The van der Waals surface area contributed by atoms with Crippen molar-refractivity contribution < 1.29 is 0 Å². The lowest BCUT2D eigenvalue weighted by Crippen LogP contribution is -2.30. The number of imidazole rings is 1. The summed E-state index contributed by atoms with van der Waals surface area (Å²) in [5, 5.41) is 0. The molecule has 0 aliphatic heterocycles. The highest BCUT2D eigenvalue weighted by atomic mass is 15.2. The van der Waals surface area contributed by atoms with Gasteiger partial charge in [-0.25, -0.2) is 4.98 Å². The monoisotopic (exact) mass is 293 g/mol. The normalized spacial score (nSPS) is 12.9. The Morgan fingerprint density at radius 2 is 1.52 bits per heavy atom. The van der Waals surface area contributed by atoms with Gasteiger partial charge in [-0.3, -0.25) is 0 Å². The maximum absolute atomic E-state index is 6.43. The van der Waals surface area contributed by atoms with Crippen LogP contribution in [-0.4, -0.2) is 9.55 Å². The van der Waals surface area contributed by atoms with Crippen LogP contribution in [0, 0.1) is 0 Å². The van der Waals surface area contributed by atoms with E-state index in [-0.39, 0.29) is 11.0 Å². The molecular formula is C18H35N3. The highest BCUT2D eigenvalue weighted by Gasteiger charge is 2.30. The predicted molar refractivity (Wildman–Crippen MR) is 92.8 cm³/mol. The van der Waals surface area contributed by atoms with Gasteiger partial charge < -0.3 is 10.3 Å². The minimum absolute atomic E-state index is 0.0157. The van der Waals surface area contributed by atoms with Crippen LogP contribution >= 0.6 is 0 Å². The molecule has 21 heavy (non-hydrogen) atoms. The van der Waals surface area contributed by atoms with Crippen LogP contribution in [0.25, 0.3) is 0 Å². The van der Waals surface area contributed by atoms with Gasteiger partial charge in [0.15, 0.2) is 0 Å². The number of nitrogens with two attached hydrogens (primary N) is 1. The van der Waals surface area contributed by atoms with E-state index in [1.165, 1.54) is 32.1 Å². The van der Waals surface area contributed by atoms with E-state index in [0.29, 0.717) is 0 Å². The second-order valence-corrected chi connectivity index (χ2v) is 8.19. The molecule has 0 aliphatic rings. The van der Waals surface area contributed by atoms with E-state index < -0.39 is 0 Å². The molecule has 0 unspecified atom stereocenters. The molecule has 3 heteroatoms. The number of nitrogen functional groups attached to an aromatic ring is 1. The van der Waals surface area contributed by atoms with Crippen molar-refractivity contribution in [1.82, 2.24) is 9.55 Å². The molecule has 0 atom stereocenters. The van der Waals surface area contributed by atoms with Crippen molar-refractivity contribution in [3.8, 4) is 0 Å². The number of hydrogen-bond acceptors (Lipinski definition) is 2. The summed E-state index contributed by atoms with van der Waals surface area (Å²) in [6.45, 7) is 15.5. The molecule has 0 aliphatic carbocycles. The number of nitrogens with zero attached hydrogens (tertiary/aromatic N) is 2. The molecule has 3 nitrogen and oxygen atoms in total. The van der Waals surface area contributed by atoms with Crippen molar-refractivity contribution in [2.24, 2.45) is 0 Å². The van der Waals surface area contributed by atoms with Crippen LogP contribution in [0.2, 0.25) is 0 Å². The van der Waals surface area contributed by atoms with E-state index in [0.717, 1.165) is 23.8 Å². The Balaban J connectivity index is 2.95. The first kappa shape index (κ1) is 18.1. The largest absolute Gasteiger partial charge is 0.384 e. The average molecular weight is 293 g/mol. The topological polar surface area (TPSA) is 43.8 Å². The van der Waals surface area contributed by atoms with Gasteiger partial charge in [0.25, 0.3) is 0 Å². The third-order valence-corrected chi connectivity index (χ3v) is 3.85. The number of hydrogen-bond donors (Lipinski definition) is 1. The average Bonchev–Trinajstić information content (AvgIpc) is 2.66. The van der Waals surface area contributed by atoms with Crippen molar-refractivity contribution >= 4 is 5.82 Å². The van der Waals surface area contributed by atoms with Gasteiger partial charge in [-0.2, -0.15) is 0 Å². The van der Waals surface area contributed by atoms with Gasteiger partial charge >= 0.3 is 0 Å². The first-order valence-electron chi connectivity index (χ1n) is 8.47. The molecule has 0 spiro atoms. The molecule has 0 radical (unpaired) electrons. The van der Waals surface area contributed by atoms with Crippen molar-refractivity contribution in [3.63, 3.8) is 0 Å². The second-order valence-electron chi connectivity index (χ2n) is 8.19. The molecule has 0 saturated carbocycles. The number of aryl methyl sites for hydroxylation is 1. The van der Waals surface area contributed by atoms with Crippen LogP contribution in [0.3, 0.4) is 0 Å². The Morgan fingerprint density at radius 3 is 1.95 bits per heavy atom. The minimum atomic E-state index is -0.0276. The van der Waals surface area contributed by atoms with E-state index in [9.17, 15) is 0 Å². The fourth-order valence-electron chi connectivity index (χ4n) is 2.74. The summed E-state index contributed by atoms with van der Waals surface area (Å²) in [6, 6.07) is 0. The van der Waals surface area contributed by atoms with E-state index in [2.05, 4.69) is 53.0 Å². The Morgan fingerprint density at radius 1 is 0.952 bits per heavy atom. The van der Waals surface area contributed by atoms with Crippen LogP contribution in [0.4, 0.5) is 5.82 Å². The molecule has 0 bridgehead atoms. The number of rotatable bonds is 6. The molecule has 1 heterocycles. The van der Waals surface area contributed by atoms with Crippen molar-refractivity contribution in [1.29, 1.82) is 0 Å². The molecule has 0 fully saturated rings.